The maximum Gasteiger partial charge on any atom is 0.0132 e. The van der Waals surface area contributed by atoms with Crippen LogP contribution < -0.4 is 10.6 Å². The molecule has 0 saturated carbocycles. The third kappa shape index (κ3) is 16.1. The van der Waals surface area contributed by atoms with Crippen LogP contribution in [0.25, 0.3) is 0 Å². The molecule has 0 radical (unpaired) electrons. The van der Waals surface area contributed by atoms with Crippen LogP contribution in [-0.4, -0.2) is 22.2 Å². The summed E-state index contributed by atoms with van der Waals surface area (Å²) in [6.07, 6.45) is 28.0. The normalized spacial score (nSPS) is 20.1. The van der Waals surface area contributed by atoms with Gasteiger partial charge in [0.2, 0.25) is 0 Å². The Bertz CT molecular complexity index is 1200. The van der Waals surface area contributed by atoms with E-state index in [1.165, 1.54) is 146 Å². The van der Waals surface area contributed by atoms with Gasteiger partial charge in [0.05, 0.1) is 0 Å². The molecular formula is C49H82N2. The fourth-order valence-corrected chi connectivity index (χ4v) is 11.0. The lowest BCUT2D eigenvalue weighted by Gasteiger charge is -2.46. The second-order valence-electron chi connectivity index (χ2n) is 20.5. The highest BCUT2D eigenvalue weighted by Crippen LogP contribution is 2.37. The van der Waals surface area contributed by atoms with E-state index in [0.29, 0.717) is 0 Å². The first kappa shape index (κ1) is 42.1. The summed E-state index contributed by atoms with van der Waals surface area (Å²) in [5, 5.41) is 7.70. The van der Waals surface area contributed by atoms with Crippen molar-refractivity contribution in [1.29, 1.82) is 0 Å². The summed E-state index contributed by atoms with van der Waals surface area (Å²) in [5.74, 6) is 1.75. The minimum absolute atomic E-state index is 0.277. The number of benzene rings is 2. The molecule has 2 aromatic carbocycles. The van der Waals surface area contributed by atoms with Crippen molar-refractivity contribution in [3.05, 3.63) is 69.8 Å². The van der Waals surface area contributed by atoms with Crippen LogP contribution in [0.4, 0.5) is 0 Å². The van der Waals surface area contributed by atoms with Crippen LogP contribution >= 0.6 is 0 Å². The minimum Gasteiger partial charge on any atom is -0.307 e. The Kier molecular flexibility index (Phi) is 15.8. The highest BCUT2D eigenvalue weighted by Gasteiger charge is 2.38. The van der Waals surface area contributed by atoms with E-state index in [9.17, 15) is 0 Å². The molecule has 0 atom stereocenters. The van der Waals surface area contributed by atoms with Gasteiger partial charge in [-0.2, -0.15) is 0 Å². The van der Waals surface area contributed by atoms with Crippen molar-refractivity contribution in [2.75, 3.05) is 0 Å². The molecule has 0 aliphatic carbocycles. The van der Waals surface area contributed by atoms with Crippen LogP contribution in [0.1, 0.15) is 198 Å². The highest BCUT2D eigenvalue weighted by atomic mass is 15.1. The first-order chi connectivity index (χ1) is 24.0. The molecule has 0 unspecified atom stereocenters. The lowest BCUT2D eigenvalue weighted by atomic mass is 9.74. The molecule has 2 heteroatoms. The molecule has 288 valence electrons. The Balaban J connectivity index is 1.06. The monoisotopic (exact) mass is 699 g/mol. The number of hydrogen-bond donors (Lipinski definition) is 2. The molecule has 2 aromatic rings. The minimum atomic E-state index is 0.277. The summed E-state index contributed by atoms with van der Waals surface area (Å²) in [6.45, 7) is 23.7. The number of piperidine rings is 2. The maximum atomic E-state index is 3.85. The van der Waals surface area contributed by atoms with Gasteiger partial charge in [-0.15, -0.1) is 0 Å². The average molecular weight is 699 g/mol. The van der Waals surface area contributed by atoms with Crippen molar-refractivity contribution in [3.8, 4) is 0 Å². The number of nitrogens with one attached hydrogen (secondary N) is 2. The summed E-state index contributed by atoms with van der Waals surface area (Å²) in [4.78, 5) is 0. The lowest BCUT2D eigenvalue weighted by molar-refractivity contribution is 0.121. The summed E-state index contributed by atoms with van der Waals surface area (Å²) in [6, 6.07) is 14.8. The molecule has 4 rings (SSSR count). The molecule has 0 amide bonds. The molecule has 51 heavy (non-hydrogen) atoms. The molecule has 2 nitrogen and oxygen atoms in total. The van der Waals surface area contributed by atoms with Crippen molar-refractivity contribution >= 4 is 0 Å². The van der Waals surface area contributed by atoms with Gasteiger partial charge < -0.3 is 10.6 Å². The van der Waals surface area contributed by atoms with E-state index >= 15 is 0 Å². The molecule has 0 spiro atoms. The smallest absolute Gasteiger partial charge is 0.0132 e. The lowest BCUT2D eigenvalue weighted by Crippen LogP contribution is -2.57. The first-order valence-corrected chi connectivity index (χ1v) is 21.7. The van der Waals surface area contributed by atoms with Crippen molar-refractivity contribution in [2.45, 2.75) is 226 Å². The third-order valence-electron chi connectivity index (χ3n) is 12.0. The molecule has 0 aromatic heterocycles. The molecule has 0 bridgehead atoms. The Morgan fingerprint density at radius 1 is 0.392 bits per heavy atom. The SMILES string of the molecule is Cc1cc(CCCCCCCc2cc(C)cc(CCCCCC3CC(C)(C)NC(C)(C)C3)c2)cc(CCCCCC2CC(C)(C)NC(C)(C)C2)c1. The van der Waals surface area contributed by atoms with E-state index < -0.39 is 0 Å². The fraction of sp³-hybridized carbons (Fsp3) is 0.755. The Morgan fingerprint density at radius 2 is 0.647 bits per heavy atom. The first-order valence-electron chi connectivity index (χ1n) is 21.7. The summed E-state index contributed by atoms with van der Waals surface area (Å²) < 4.78 is 0. The van der Waals surface area contributed by atoms with Gasteiger partial charge in [0, 0.05) is 22.2 Å². The van der Waals surface area contributed by atoms with Crippen LogP contribution in [0.2, 0.25) is 0 Å². The number of unbranched alkanes of at least 4 members (excludes halogenated alkanes) is 8. The van der Waals surface area contributed by atoms with Gasteiger partial charge in [-0.1, -0.05) is 105 Å². The summed E-state index contributed by atoms with van der Waals surface area (Å²) in [7, 11) is 0. The maximum absolute atomic E-state index is 3.85. The van der Waals surface area contributed by atoms with Gasteiger partial charge in [0.15, 0.2) is 0 Å². The topological polar surface area (TPSA) is 24.1 Å². The van der Waals surface area contributed by atoms with Crippen LogP contribution in [0.5, 0.6) is 0 Å². The van der Waals surface area contributed by atoms with Crippen molar-refractivity contribution in [2.24, 2.45) is 11.8 Å². The van der Waals surface area contributed by atoms with Crippen molar-refractivity contribution < 1.29 is 0 Å². The molecular weight excluding hydrogens is 617 g/mol. The van der Waals surface area contributed by atoms with Crippen LogP contribution in [-0.2, 0) is 25.7 Å². The quantitative estimate of drug-likeness (QED) is 0.135. The Morgan fingerprint density at radius 3 is 0.941 bits per heavy atom. The zero-order valence-electron chi connectivity index (χ0n) is 35.5. The van der Waals surface area contributed by atoms with E-state index in [2.05, 4.69) is 116 Å². The molecule has 2 saturated heterocycles. The van der Waals surface area contributed by atoms with Gasteiger partial charge in [0.1, 0.15) is 0 Å². The largest absolute Gasteiger partial charge is 0.307 e. The van der Waals surface area contributed by atoms with Gasteiger partial charge in [-0.05, 0) is 180 Å². The zero-order valence-corrected chi connectivity index (χ0v) is 35.5. The fourth-order valence-electron chi connectivity index (χ4n) is 11.0. The second kappa shape index (κ2) is 19.1. The number of aryl methyl sites for hydroxylation is 6. The standard InChI is InChI=1S/C49H82N2/c1-38-28-40(32-42(30-38)24-18-14-20-26-44-34-46(3,4)50-47(5,6)35-44)22-16-12-11-13-17-23-41-29-39(2)31-43(33-41)25-19-15-21-27-45-36-48(7,8)51-49(9,10)37-45/h28-33,44-45,50-51H,11-27,34-37H2,1-10H3. The van der Waals surface area contributed by atoms with E-state index in [1.54, 1.807) is 22.3 Å². The van der Waals surface area contributed by atoms with Gasteiger partial charge >= 0.3 is 0 Å². The number of rotatable bonds is 20. The van der Waals surface area contributed by atoms with E-state index in [1.807, 2.05) is 0 Å². The highest BCUT2D eigenvalue weighted by molar-refractivity contribution is 5.30. The van der Waals surface area contributed by atoms with E-state index in [0.717, 1.165) is 11.8 Å². The average Bonchev–Trinajstić information content (AvgIpc) is 2.97. The summed E-state index contributed by atoms with van der Waals surface area (Å²) in [5.41, 5.74) is 10.3. The molecule has 2 heterocycles. The molecule has 2 fully saturated rings. The van der Waals surface area contributed by atoms with Crippen LogP contribution in [0, 0.1) is 25.7 Å². The Hall–Kier alpha value is -1.64. The predicted octanol–water partition coefficient (Wildman–Crippen LogP) is 13.4. The van der Waals surface area contributed by atoms with E-state index in [4.69, 9.17) is 0 Å². The Labute approximate surface area is 317 Å². The van der Waals surface area contributed by atoms with Crippen molar-refractivity contribution in [1.82, 2.24) is 10.6 Å². The van der Waals surface area contributed by atoms with Crippen LogP contribution in [0.3, 0.4) is 0 Å². The predicted molar refractivity (Wildman–Crippen MR) is 225 cm³/mol. The third-order valence-corrected chi connectivity index (χ3v) is 12.0. The van der Waals surface area contributed by atoms with E-state index in [-0.39, 0.29) is 22.2 Å². The zero-order chi connectivity index (χ0) is 37.1. The van der Waals surface area contributed by atoms with Crippen LogP contribution in [0.15, 0.2) is 36.4 Å². The van der Waals surface area contributed by atoms with Gasteiger partial charge in [-0.3, -0.25) is 0 Å². The second-order valence-corrected chi connectivity index (χ2v) is 20.5. The molecule has 2 aliphatic heterocycles. The molecule has 2 N–H and O–H groups in total. The summed E-state index contributed by atoms with van der Waals surface area (Å²) >= 11 is 0. The van der Waals surface area contributed by atoms with Gasteiger partial charge in [0.25, 0.3) is 0 Å². The van der Waals surface area contributed by atoms with Crippen molar-refractivity contribution in [3.63, 3.8) is 0 Å². The molecule has 2 aliphatic rings. The van der Waals surface area contributed by atoms with Gasteiger partial charge in [-0.25, -0.2) is 0 Å². The number of hydrogen-bond acceptors (Lipinski definition) is 2.